The van der Waals surface area contributed by atoms with E-state index >= 15 is 0 Å². The molecule has 2 aromatic carbocycles. The third-order valence-corrected chi connectivity index (χ3v) is 6.10. The normalized spacial score (nSPS) is 13.6. The molecule has 0 fully saturated rings. The highest BCUT2D eigenvalue weighted by Crippen LogP contribution is 2.33. The molecule has 0 aliphatic carbocycles. The smallest absolute Gasteiger partial charge is 0.265 e. The third kappa shape index (κ3) is 4.46. The fraction of sp³-hybridized carbons (Fsp3) is 0.350. The van der Waals surface area contributed by atoms with Crippen molar-refractivity contribution in [1.29, 1.82) is 0 Å². The fourth-order valence-electron chi connectivity index (χ4n) is 3.33. The monoisotopic (exact) mass is 420 g/mol. The Morgan fingerprint density at radius 2 is 1.90 bits per heavy atom. The Kier molecular flexibility index (Phi) is 6.29. The van der Waals surface area contributed by atoms with Crippen molar-refractivity contribution < 1.29 is 27.4 Å². The van der Waals surface area contributed by atoms with E-state index in [1.807, 2.05) is 0 Å². The van der Waals surface area contributed by atoms with E-state index in [-0.39, 0.29) is 23.2 Å². The minimum Gasteiger partial charge on any atom is -0.497 e. The number of ether oxygens (including phenoxy) is 3. The van der Waals surface area contributed by atoms with Gasteiger partial charge in [-0.1, -0.05) is 0 Å². The summed E-state index contributed by atoms with van der Waals surface area (Å²) in [5.41, 5.74) is 2.11. The number of nitrogens with zero attached hydrogens (tertiary/aromatic N) is 1. The number of anilines is 2. The highest BCUT2D eigenvalue weighted by molar-refractivity contribution is 7.92. The second-order valence-corrected chi connectivity index (χ2v) is 8.20. The minimum absolute atomic E-state index is 0.00504. The largest absolute Gasteiger partial charge is 0.497 e. The molecule has 0 bridgehead atoms. The number of hydrogen-bond donors (Lipinski definition) is 1. The molecule has 3 rings (SSSR count). The lowest BCUT2D eigenvalue weighted by Gasteiger charge is -2.29. The molecular weight excluding hydrogens is 396 g/mol. The molecule has 8 nitrogen and oxygen atoms in total. The van der Waals surface area contributed by atoms with Gasteiger partial charge in [0.05, 0.1) is 14.2 Å². The molecule has 0 atom stereocenters. The lowest BCUT2D eigenvalue weighted by molar-refractivity contribution is -0.122. The van der Waals surface area contributed by atoms with E-state index in [1.54, 1.807) is 29.2 Å². The van der Waals surface area contributed by atoms with Gasteiger partial charge in [-0.25, -0.2) is 8.42 Å². The molecule has 0 saturated carbocycles. The maximum absolute atomic E-state index is 12.9. The van der Waals surface area contributed by atoms with Crippen molar-refractivity contribution in [2.75, 3.05) is 44.1 Å². The summed E-state index contributed by atoms with van der Waals surface area (Å²) in [5.74, 6) is 0.561. The number of amides is 1. The van der Waals surface area contributed by atoms with Gasteiger partial charge in [-0.2, -0.15) is 0 Å². The first kappa shape index (κ1) is 20.9. The molecule has 0 spiro atoms. The molecule has 0 unspecified atom stereocenters. The predicted octanol–water partition coefficient (Wildman–Crippen LogP) is 2.43. The Balaban J connectivity index is 1.88. The van der Waals surface area contributed by atoms with Gasteiger partial charge in [-0.3, -0.25) is 9.52 Å². The van der Waals surface area contributed by atoms with Crippen LogP contribution in [0.1, 0.15) is 12.0 Å². The summed E-state index contributed by atoms with van der Waals surface area (Å²) in [6, 6.07) is 9.67. The number of nitrogens with one attached hydrogen (secondary N) is 1. The van der Waals surface area contributed by atoms with Gasteiger partial charge in [0.15, 0.2) is 0 Å². The van der Waals surface area contributed by atoms with E-state index in [0.29, 0.717) is 18.0 Å². The molecule has 2 aromatic rings. The fourth-order valence-corrected chi connectivity index (χ4v) is 4.53. The van der Waals surface area contributed by atoms with E-state index in [0.717, 1.165) is 24.1 Å². The quantitative estimate of drug-likeness (QED) is 0.739. The van der Waals surface area contributed by atoms with E-state index in [4.69, 9.17) is 14.2 Å². The first-order chi connectivity index (χ1) is 13.9. The van der Waals surface area contributed by atoms with Gasteiger partial charge in [-0.05, 0) is 48.7 Å². The second-order valence-electron chi connectivity index (χ2n) is 6.55. The van der Waals surface area contributed by atoms with Gasteiger partial charge >= 0.3 is 0 Å². The topological polar surface area (TPSA) is 94.2 Å². The summed E-state index contributed by atoms with van der Waals surface area (Å²) in [6.07, 6.45) is 1.55. The molecule has 0 radical (unpaired) electrons. The molecule has 1 amide bonds. The molecule has 156 valence electrons. The van der Waals surface area contributed by atoms with Crippen LogP contribution in [0.25, 0.3) is 0 Å². The van der Waals surface area contributed by atoms with Crippen LogP contribution < -0.4 is 19.1 Å². The van der Waals surface area contributed by atoms with Crippen molar-refractivity contribution in [3.8, 4) is 11.5 Å². The maximum atomic E-state index is 12.9. The average molecular weight is 420 g/mol. The predicted molar refractivity (Wildman–Crippen MR) is 109 cm³/mol. The van der Waals surface area contributed by atoms with Crippen LogP contribution in [0.15, 0.2) is 41.3 Å². The number of carbonyl (C=O) groups excluding carboxylic acids is 1. The summed E-state index contributed by atoms with van der Waals surface area (Å²) in [4.78, 5) is 13.9. The summed E-state index contributed by atoms with van der Waals surface area (Å²) in [7, 11) is 0.499. The average Bonchev–Trinajstić information content (AvgIpc) is 2.72. The minimum atomic E-state index is -3.88. The van der Waals surface area contributed by atoms with E-state index in [1.165, 1.54) is 33.5 Å². The van der Waals surface area contributed by atoms with Crippen molar-refractivity contribution in [3.05, 3.63) is 42.0 Å². The van der Waals surface area contributed by atoms with E-state index < -0.39 is 10.0 Å². The van der Waals surface area contributed by atoms with Crippen LogP contribution in [0.3, 0.4) is 0 Å². The summed E-state index contributed by atoms with van der Waals surface area (Å²) < 4.78 is 43.6. The van der Waals surface area contributed by atoms with Crippen LogP contribution in [-0.4, -0.2) is 48.8 Å². The van der Waals surface area contributed by atoms with Crippen LogP contribution in [0.2, 0.25) is 0 Å². The van der Waals surface area contributed by atoms with Crippen molar-refractivity contribution >= 4 is 27.3 Å². The second kappa shape index (κ2) is 8.71. The van der Waals surface area contributed by atoms with Crippen molar-refractivity contribution in [2.24, 2.45) is 0 Å². The molecule has 9 heteroatoms. The van der Waals surface area contributed by atoms with Crippen molar-refractivity contribution in [1.82, 2.24) is 0 Å². The summed E-state index contributed by atoms with van der Waals surface area (Å²) in [6.45, 7) is 0.619. The van der Waals surface area contributed by atoms with Crippen LogP contribution in [0.5, 0.6) is 11.5 Å². The Morgan fingerprint density at radius 1 is 1.10 bits per heavy atom. The zero-order valence-electron chi connectivity index (χ0n) is 16.6. The lowest BCUT2D eigenvalue weighted by Crippen LogP contribution is -2.37. The first-order valence-electron chi connectivity index (χ1n) is 9.06. The number of sulfonamides is 1. The highest BCUT2D eigenvalue weighted by atomic mass is 32.2. The van der Waals surface area contributed by atoms with E-state index in [2.05, 4.69) is 4.72 Å². The van der Waals surface area contributed by atoms with Crippen LogP contribution >= 0.6 is 0 Å². The number of benzene rings is 2. The summed E-state index contributed by atoms with van der Waals surface area (Å²) >= 11 is 0. The standard InChI is InChI=1S/C20H24N2O6S/c1-26-13-20(23)22-10-4-5-14-11-15(6-8-17(14)22)21-29(24,25)19-9-7-16(27-2)12-18(19)28-3/h6-9,11-12,21H,4-5,10,13H2,1-3H3. The van der Waals surface area contributed by atoms with Crippen LogP contribution in [0, 0.1) is 0 Å². The molecule has 1 aliphatic heterocycles. The molecule has 1 heterocycles. The number of fused-ring (bicyclic) bond motifs is 1. The van der Waals surface area contributed by atoms with Gasteiger partial charge in [-0.15, -0.1) is 0 Å². The Bertz CT molecular complexity index is 1010. The van der Waals surface area contributed by atoms with Crippen LogP contribution in [0.4, 0.5) is 11.4 Å². The molecular formula is C20H24N2O6S. The van der Waals surface area contributed by atoms with Gasteiger partial charge in [0, 0.05) is 31.1 Å². The zero-order valence-corrected chi connectivity index (χ0v) is 17.4. The molecule has 0 aromatic heterocycles. The van der Waals surface area contributed by atoms with Crippen molar-refractivity contribution in [2.45, 2.75) is 17.7 Å². The van der Waals surface area contributed by atoms with Gasteiger partial charge in [0.25, 0.3) is 15.9 Å². The molecule has 0 saturated heterocycles. The Hall–Kier alpha value is -2.78. The van der Waals surface area contributed by atoms with Gasteiger partial charge < -0.3 is 19.1 Å². The number of hydrogen-bond acceptors (Lipinski definition) is 6. The lowest BCUT2D eigenvalue weighted by atomic mass is 10.0. The molecule has 29 heavy (non-hydrogen) atoms. The molecule has 1 aliphatic rings. The number of aryl methyl sites for hydroxylation is 1. The summed E-state index contributed by atoms with van der Waals surface area (Å²) in [5, 5.41) is 0. The van der Waals surface area contributed by atoms with Gasteiger partial charge in [0.2, 0.25) is 0 Å². The molecule has 1 N–H and O–H groups in total. The maximum Gasteiger partial charge on any atom is 0.265 e. The zero-order chi connectivity index (χ0) is 21.0. The number of carbonyl (C=O) groups is 1. The first-order valence-corrected chi connectivity index (χ1v) is 10.5. The Labute approximate surface area is 170 Å². The third-order valence-electron chi connectivity index (χ3n) is 4.68. The SMILES string of the molecule is COCC(=O)N1CCCc2cc(NS(=O)(=O)c3ccc(OC)cc3OC)ccc21. The van der Waals surface area contributed by atoms with Crippen molar-refractivity contribution in [3.63, 3.8) is 0 Å². The Morgan fingerprint density at radius 3 is 2.59 bits per heavy atom. The van der Waals surface area contributed by atoms with Gasteiger partial charge in [0.1, 0.15) is 23.0 Å². The van der Waals surface area contributed by atoms with Crippen LogP contribution in [-0.2, 0) is 26.0 Å². The number of rotatable bonds is 7. The van der Waals surface area contributed by atoms with E-state index in [9.17, 15) is 13.2 Å². The number of methoxy groups -OCH3 is 3. The highest BCUT2D eigenvalue weighted by Gasteiger charge is 2.24.